The van der Waals surface area contributed by atoms with Gasteiger partial charge in [0.2, 0.25) is 15.9 Å². The summed E-state index contributed by atoms with van der Waals surface area (Å²) in [5.41, 5.74) is 1.26. The van der Waals surface area contributed by atoms with Crippen LogP contribution < -0.4 is 29.0 Å². The molecule has 3 aromatic carbocycles. The van der Waals surface area contributed by atoms with Crippen LogP contribution in [0, 0.1) is 0 Å². The van der Waals surface area contributed by atoms with E-state index in [0.29, 0.717) is 36.1 Å². The Balaban J connectivity index is 1.59. The van der Waals surface area contributed by atoms with E-state index in [1.807, 2.05) is 30.3 Å². The monoisotopic (exact) mass is 498 g/mol. The molecule has 1 aliphatic rings. The minimum Gasteiger partial charge on any atom is -0.493 e. The number of nitrogens with one attached hydrogen (secondary N) is 2. The van der Waals surface area contributed by atoms with Crippen LogP contribution >= 0.6 is 0 Å². The van der Waals surface area contributed by atoms with E-state index in [1.54, 1.807) is 18.2 Å². The van der Waals surface area contributed by atoms with Gasteiger partial charge in [0.15, 0.2) is 23.0 Å². The largest absolute Gasteiger partial charge is 0.493 e. The van der Waals surface area contributed by atoms with Gasteiger partial charge in [0.1, 0.15) is 19.3 Å². The zero-order chi connectivity index (χ0) is 24.8. The summed E-state index contributed by atoms with van der Waals surface area (Å²) >= 11 is 0. The third-order valence-electron chi connectivity index (χ3n) is 5.37. The number of carbonyl (C=O) groups is 1. The third-order valence-corrected chi connectivity index (χ3v) is 6.84. The van der Waals surface area contributed by atoms with Crippen LogP contribution in [0.5, 0.6) is 23.0 Å². The summed E-state index contributed by atoms with van der Waals surface area (Å²) in [7, 11) is -1.20. The fourth-order valence-electron chi connectivity index (χ4n) is 3.63. The Morgan fingerprint density at radius 2 is 1.63 bits per heavy atom. The average molecular weight is 499 g/mol. The lowest BCUT2D eigenvalue weighted by Crippen LogP contribution is -2.45. The molecule has 0 spiro atoms. The van der Waals surface area contributed by atoms with E-state index >= 15 is 0 Å². The Hall–Kier alpha value is -3.76. The number of fused-ring (bicyclic) bond motifs is 1. The summed E-state index contributed by atoms with van der Waals surface area (Å²) in [6.07, 6.45) is 0.143. The number of benzene rings is 3. The van der Waals surface area contributed by atoms with E-state index in [-0.39, 0.29) is 17.1 Å². The predicted octanol–water partition coefficient (Wildman–Crippen LogP) is 3.00. The summed E-state index contributed by atoms with van der Waals surface area (Å²) < 4.78 is 50.5. The molecule has 9 nitrogen and oxygen atoms in total. The predicted molar refractivity (Wildman–Crippen MR) is 130 cm³/mol. The molecule has 1 amide bonds. The summed E-state index contributed by atoms with van der Waals surface area (Å²) in [6, 6.07) is 17.3. The highest BCUT2D eigenvalue weighted by Gasteiger charge is 2.27. The molecular weight excluding hydrogens is 472 g/mol. The Morgan fingerprint density at radius 3 is 2.34 bits per heavy atom. The van der Waals surface area contributed by atoms with Crippen LogP contribution in [0.3, 0.4) is 0 Å². The number of sulfonamides is 1. The molecule has 0 aliphatic carbocycles. The van der Waals surface area contributed by atoms with Crippen LogP contribution in [0.1, 0.15) is 5.56 Å². The van der Waals surface area contributed by atoms with Gasteiger partial charge in [-0.25, -0.2) is 8.42 Å². The molecule has 0 aromatic heterocycles. The van der Waals surface area contributed by atoms with Gasteiger partial charge in [0.05, 0.1) is 19.1 Å². The topological polar surface area (TPSA) is 112 Å². The SMILES string of the molecule is COc1ccc(S(=O)(=O)N[C@H](Cc2ccccc2)C(=O)Nc2ccc3c(c2)OCCO3)cc1OC. The van der Waals surface area contributed by atoms with Crippen molar-refractivity contribution >= 4 is 21.6 Å². The zero-order valence-corrected chi connectivity index (χ0v) is 20.1. The van der Waals surface area contributed by atoms with Crippen LogP contribution in [0.25, 0.3) is 0 Å². The van der Waals surface area contributed by atoms with E-state index in [1.165, 1.54) is 32.4 Å². The van der Waals surface area contributed by atoms with Gasteiger partial charge in [-0.1, -0.05) is 30.3 Å². The number of ether oxygens (including phenoxy) is 4. The maximum Gasteiger partial charge on any atom is 0.242 e. The molecule has 1 atom stereocenters. The number of amides is 1. The molecule has 0 bridgehead atoms. The maximum atomic E-state index is 13.3. The lowest BCUT2D eigenvalue weighted by molar-refractivity contribution is -0.117. The average Bonchev–Trinajstić information content (AvgIpc) is 2.88. The van der Waals surface area contributed by atoms with Gasteiger partial charge in [-0.15, -0.1) is 0 Å². The molecule has 35 heavy (non-hydrogen) atoms. The third kappa shape index (κ3) is 5.84. The molecule has 3 aromatic rings. The number of hydrogen-bond acceptors (Lipinski definition) is 7. The minimum atomic E-state index is -4.08. The highest BCUT2D eigenvalue weighted by Crippen LogP contribution is 2.33. The molecule has 0 unspecified atom stereocenters. The minimum absolute atomic E-state index is 0.0552. The maximum absolute atomic E-state index is 13.3. The van der Waals surface area contributed by atoms with Gasteiger partial charge in [0.25, 0.3) is 0 Å². The molecule has 0 saturated carbocycles. The van der Waals surface area contributed by atoms with Crippen molar-refractivity contribution in [3.8, 4) is 23.0 Å². The van der Waals surface area contributed by atoms with Crippen LogP contribution in [-0.4, -0.2) is 47.8 Å². The number of hydrogen-bond donors (Lipinski definition) is 2. The summed E-state index contributed by atoms with van der Waals surface area (Å²) in [5.74, 6) is 1.23. The quantitative estimate of drug-likeness (QED) is 0.466. The van der Waals surface area contributed by atoms with Crippen molar-refractivity contribution in [2.45, 2.75) is 17.4 Å². The molecule has 1 aliphatic heterocycles. The molecule has 0 saturated heterocycles. The normalized spacial score (nSPS) is 13.5. The van der Waals surface area contributed by atoms with Crippen molar-refractivity contribution in [3.05, 3.63) is 72.3 Å². The Bertz CT molecular complexity index is 1300. The molecule has 0 fully saturated rings. The van der Waals surface area contributed by atoms with Crippen LogP contribution in [-0.2, 0) is 21.2 Å². The lowest BCUT2D eigenvalue weighted by Gasteiger charge is -2.21. The van der Waals surface area contributed by atoms with E-state index < -0.39 is 22.0 Å². The van der Waals surface area contributed by atoms with Gasteiger partial charge in [0, 0.05) is 17.8 Å². The summed E-state index contributed by atoms with van der Waals surface area (Å²) in [6.45, 7) is 0.863. The Morgan fingerprint density at radius 1 is 0.914 bits per heavy atom. The number of rotatable bonds is 9. The Kier molecular flexibility index (Phi) is 7.42. The molecular formula is C25H26N2O7S. The van der Waals surface area contributed by atoms with E-state index in [4.69, 9.17) is 18.9 Å². The second kappa shape index (κ2) is 10.7. The van der Waals surface area contributed by atoms with E-state index in [2.05, 4.69) is 10.0 Å². The van der Waals surface area contributed by atoms with Crippen LogP contribution in [0.15, 0.2) is 71.6 Å². The summed E-state index contributed by atoms with van der Waals surface area (Å²) in [5, 5.41) is 2.78. The smallest absolute Gasteiger partial charge is 0.242 e. The van der Waals surface area contributed by atoms with Crippen molar-refractivity contribution in [2.75, 3.05) is 32.8 Å². The van der Waals surface area contributed by atoms with Crippen molar-refractivity contribution in [2.24, 2.45) is 0 Å². The van der Waals surface area contributed by atoms with Gasteiger partial charge in [-0.05, 0) is 36.2 Å². The molecule has 4 rings (SSSR count). The standard InChI is InChI=1S/C25H26N2O7S/c1-31-21-11-9-19(16-23(21)32-2)35(29,30)27-20(14-17-6-4-3-5-7-17)25(28)26-18-8-10-22-24(15-18)34-13-12-33-22/h3-11,15-16,20,27H,12-14H2,1-2H3,(H,26,28)/t20-/m1/s1. The fraction of sp³-hybridized carbons (Fsp3) is 0.240. The van der Waals surface area contributed by atoms with E-state index in [9.17, 15) is 13.2 Å². The first kappa shape index (κ1) is 24.4. The highest BCUT2D eigenvalue weighted by atomic mass is 32.2. The highest BCUT2D eigenvalue weighted by molar-refractivity contribution is 7.89. The van der Waals surface area contributed by atoms with E-state index in [0.717, 1.165) is 5.56 Å². The first-order valence-electron chi connectivity index (χ1n) is 10.9. The number of methoxy groups -OCH3 is 2. The molecule has 1 heterocycles. The Labute approximate surface area is 204 Å². The molecule has 184 valence electrons. The first-order chi connectivity index (χ1) is 16.9. The number of anilines is 1. The van der Waals surface area contributed by atoms with Crippen molar-refractivity contribution in [3.63, 3.8) is 0 Å². The molecule has 2 N–H and O–H groups in total. The molecule has 10 heteroatoms. The lowest BCUT2D eigenvalue weighted by atomic mass is 10.1. The van der Waals surface area contributed by atoms with Crippen molar-refractivity contribution in [1.29, 1.82) is 0 Å². The van der Waals surface area contributed by atoms with Gasteiger partial charge in [-0.3, -0.25) is 4.79 Å². The van der Waals surface area contributed by atoms with Crippen molar-refractivity contribution < 1.29 is 32.2 Å². The van der Waals surface area contributed by atoms with Crippen LogP contribution in [0.2, 0.25) is 0 Å². The molecule has 0 radical (unpaired) electrons. The van der Waals surface area contributed by atoms with Gasteiger partial charge in [-0.2, -0.15) is 4.72 Å². The summed E-state index contributed by atoms with van der Waals surface area (Å²) in [4.78, 5) is 13.2. The number of carbonyl (C=O) groups excluding carboxylic acids is 1. The van der Waals surface area contributed by atoms with Crippen molar-refractivity contribution in [1.82, 2.24) is 4.72 Å². The second-order valence-corrected chi connectivity index (χ2v) is 9.44. The first-order valence-corrected chi connectivity index (χ1v) is 12.4. The van der Waals surface area contributed by atoms with Crippen LogP contribution in [0.4, 0.5) is 5.69 Å². The van der Waals surface area contributed by atoms with Gasteiger partial charge < -0.3 is 24.3 Å². The van der Waals surface area contributed by atoms with Gasteiger partial charge >= 0.3 is 0 Å². The second-order valence-electron chi connectivity index (χ2n) is 7.73. The fourth-order valence-corrected chi connectivity index (χ4v) is 4.84. The zero-order valence-electron chi connectivity index (χ0n) is 19.3.